The van der Waals surface area contributed by atoms with Gasteiger partial charge in [0.15, 0.2) is 0 Å². The number of benzene rings is 2. The summed E-state index contributed by atoms with van der Waals surface area (Å²) in [7, 11) is 1.43. The minimum absolute atomic E-state index is 0.218. The van der Waals surface area contributed by atoms with E-state index in [1.165, 1.54) is 7.05 Å². The summed E-state index contributed by atoms with van der Waals surface area (Å²) in [6.07, 6.45) is 0. The third kappa shape index (κ3) is 2.79. The molecule has 6 nitrogen and oxygen atoms in total. The Morgan fingerprint density at radius 1 is 1.00 bits per heavy atom. The van der Waals surface area contributed by atoms with Crippen LogP contribution in [0.4, 0.5) is 5.69 Å². The summed E-state index contributed by atoms with van der Waals surface area (Å²) in [5.41, 5.74) is 2.69. The topological polar surface area (TPSA) is 79.4 Å². The molecule has 2 aromatic carbocycles. The summed E-state index contributed by atoms with van der Waals surface area (Å²) in [5, 5.41) is 5.50. The van der Waals surface area contributed by atoms with E-state index >= 15 is 0 Å². The van der Waals surface area contributed by atoms with Crippen molar-refractivity contribution in [1.29, 1.82) is 0 Å². The van der Waals surface area contributed by atoms with Gasteiger partial charge in [0.25, 0.3) is 17.7 Å². The molecule has 4 aromatic rings. The summed E-state index contributed by atoms with van der Waals surface area (Å²) >= 11 is 1.54. The van der Waals surface area contributed by atoms with E-state index < -0.39 is 5.91 Å². The van der Waals surface area contributed by atoms with Gasteiger partial charge in [-0.25, -0.2) is 4.98 Å². The van der Waals surface area contributed by atoms with E-state index in [1.807, 2.05) is 41.8 Å². The Balaban J connectivity index is 1.61. The number of anilines is 1. The fraction of sp³-hybridized carbons (Fsp3) is 0.0435. The van der Waals surface area contributed by atoms with Gasteiger partial charge < -0.3 is 5.32 Å². The Kier molecular flexibility index (Phi) is 4.18. The van der Waals surface area contributed by atoms with Gasteiger partial charge in [-0.3, -0.25) is 19.3 Å². The Morgan fingerprint density at radius 2 is 1.83 bits per heavy atom. The molecule has 0 aliphatic carbocycles. The lowest BCUT2D eigenvalue weighted by Crippen LogP contribution is -2.24. The van der Waals surface area contributed by atoms with Crippen LogP contribution >= 0.6 is 11.3 Å². The zero-order chi connectivity index (χ0) is 20.8. The van der Waals surface area contributed by atoms with Crippen molar-refractivity contribution in [2.45, 2.75) is 0 Å². The highest BCUT2D eigenvalue weighted by Crippen LogP contribution is 2.31. The minimum Gasteiger partial charge on any atom is -0.321 e. The molecule has 1 N–H and O–H groups in total. The van der Waals surface area contributed by atoms with E-state index in [1.54, 1.807) is 35.6 Å². The summed E-state index contributed by atoms with van der Waals surface area (Å²) in [6, 6.07) is 17.9. The van der Waals surface area contributed by atoms with Crippen molar-refractivity contribution in [2.24, 2.45) is 0 Å². The van der Waals surface area contributed by atoms with Gasteiger partial charge >= 0.3 is 0 Å². The van der Waals surface area contributed by atoms with Gasteiger partial charge in [-0.05, 0) is 35.7 Å². The van der Waals surface area contributed by atoms with Crippen molar-refractivity contribution >= 4 is 45.6 Å². The number of thiophene rings is 1. The molecule has 0 fully saturated rings. The van der Waals surface area contributed by atoms with Gasteiger partial charge in [0, 0.05) is 12.4 Å². The molecular weight excluding hydrogens is 398 g/mol. The highest BCUT2D eigenvalue weighted by Gasteiger charge is 2.35. The SMILES string of the molecule is CN1C(=O)c2cccc(NC(=O)c3cc(-c4cccs4)nc4ccccc34)c2C1=O. The van der Waals surface area contributed by atoms with Crippen molar-refractivity contribution in [3.63, 3.8) is 0 Å². The first-order chi connectivity index (χ1) is 14.5. The van der Waals surface area contributed by atoms with Crippen LogP contribution in [0.3, 0.4) is 0 Å². The number of nitrogens with zero attached hydrogens (tertiary/aromatic N) is 2. The maximum absolute atomic E-state index is 13.3. The first-order valence-corrected chi connectivity index (χ1v) is 10.1. The molecule has 30 heavy (non-hydrogen) atoms. The van der Waals surface area contributed by atoms with E-state index in [0.717, 1.165) is 9.78 Å². The van der Waals surface area contributed by atoms with E-state index in [9.17, 15) is 14.4 Å². The summed E-state index contributed by atoms with van der Waals surface area (Å²) < 4.78 is 0. The number of rotatable bonds is 3. The van der Waals surface area contributed by atoms with E-state index in [4.69, 9.17) is 0 Å². The predicted octanol–water partition coefficient (Wildman–Crippen LogP) is 4.44. The summed E-state index contributed by atoms with van der Waals surface area (Å²) in [5.74, 6) is -1.17. The van der Waals surface area contributed by atoms with Crippen LogP contribution in [-0.2, 0) is 0 Å². The Bertz CT molecular complexity index is 1350. The molecule has 5 rings (SSSR count). The first kappa shape index (κ1) is 18.2. The number of para-hydroxylation sites is 1. The summed E-state index contributed by atoms with van der Waals surface area (Å²) in [6.45, 7) is 0. The van der Waals surface area contributed by atoms with E-state index in [0.29, 0.717) is 33.4 Å². The number of nitrogens with one attached hydrogen (secondary N) is 1. The highest BCUT2D eigenvalue weighted by molar-refractivity contribution is 7.13. The Labute approximate surface area is 175 Å². The number of pyridine rings is 1. The summed E-state index contributed by atoms with van der Waals surface area (Å²) in [4.78, 5) is 44.7. The normalized spacial score (nSPS) is 13.0. The second-order valence-electron chi connectivity index (χ2n) is 6.90. The number of hydrogen-bond donors (Lipinski definition) is 1. The van der Waals surface area contributed by atoms with Crippen LogP contribution in [0.15, 0.2) is 66.0 Å². The monoisotopic (exact) mass is 413 g/mol. The van der Waals surface area contributed by atoms with Gasteiger partial charge in [0.05, 0.1) is 38.5 Å². The van der Waals surface area contributed by atoms with Gasteiger partial charge in [-0.2, -0.15) is 0 Å². The Hall–Kier alpha value is -3.84. The van der Waals surface area contributed by atoms with Crippen molar-refractivity contribution < 1.29 is 14.4 Å². The molecule has 0 spiro atoms. The van der Waals surface area contributed by atoms with Crippen LogP contribution in [0, 0.1) is 0 Å². The lowest BCUT2D eigenvalue weighted by Gasteiger charge is -2.12. The van der Waals surface area contributed by atoms with Crippen molar-refractivity contribution in [2.75, 3.05) is 12.4 Å². The minimum atomic E-state index is -0.426. The zero-order valence-corrected chi connectivity index (χ0v) is 16.7. The molecule has 1 aliphatic rings. The van der Waals surface area contributed by atoms with Gasteiger partial charge in [-0.1, -0.05) is 30.3 Å². The number of amides is 3. The van der Waals surface area contributed by atoms with Gasteiger partial charge in [0.1, 0.15) is 0 Å². The smallest absolute Gasteiger partial charge is 0.263 e. The number of imide groups is 1. The molecule has 1 aliphatic heterocycles. The Morgan fingerprint density at radius 3 is 2.63 bits per heavy atom. The third-order valence-corrected chi connectivity index (χ3v) is 5.99. The molecule has 0 unspecified atom stereocenters. The van der Waals surface area contributed by atoms with Crippen molar-refractivity contribution in [3.05, 3.63) is 82.7 Å². The number of carbonyl (C=O) groups is 3. The van der Waals surface area contributed by atoms with Crippen LogP contribution in [0.5, 0.6) is 0 Å². The molecule has 0 radical (unpaired) electrons. The maximum atomic E-state index is 13.3. The van der Waals surface area contributed by atoms with Crippen LogP contribution in [0.1, 0.15) is 31.1 Å². The standard InChI is InChI=1S/C23H15N3O3S/c1-26-22(28)14-7-4-9-17(20(14)23(26)29)25-21(27)15-12-18(19-10-5-11-30-19)24-16-8-3-2-6-13(15)16/h2-12H,1H3,(H,25,27). The molecule has 3 amide bonds. The lowest BCUT2D eigenvalue weighted by molar-refractivity contribution is 0.0693. The van der Waals surface area contributed by atoms with Crippen LogP contribution in [0.25, 0.3) is 21.5 Å². The van der Waals surface area contributed by atoms with Crippen LogP contribution in [0.2, 0.25) is 0 Å². The second kappa shape index (κ2) is 6.89. The van der Waals surface area contributed by atoms with E-state index in [-0.39, 0.29) is 17.4 Å². The van der Waals surface area contributed by atoms with E-state index in [2.05, 4.69) is 10.3 Å². The number of carbonyl (C=O) groups excluding carboxylic acids is 3. The fourth-order valence-corrected chi connectivity index (χ4v) is 4.30. The largest absolute Gasteiger partial charge is 0.321 e. The van der Waals surface area contributed by atoms with Crippen molar-refractivity contribution in [1.82, 2.24) is 9.88 Å². The number of fused-ring (bicyclic) bond motifs is 2. The zero-order valence-electron chi connectivity index (χ0n) is 15.9. The predicted molar refractivity (Wildman–Crippen MR) is 116 cm³/mol. The first-order valence-electron chi connectivity index (χ1n) is 9.25. The average molecular weight is 413 g/mol. The molecule has 7 heteroatoms. The van der Waals surface area contributed by atoms with Crippen molar-refractivity contribution in [3.8, 4) is 10.6 Å². The van der Waals surface area contributed by atoms with Crippen LogP contribution < -0.4 is 5.32 Å². The molecule has 146 valence electrons. The molecule has 0 atom stereocenters. The lowest BCUT2D eigenvalue weighted by atomic mass is 10.0. The molecule has 0 saturated heterocycles. The molecule has 0 bridgehead atoms. The maximum Gasteiger partial charge on any atom is 0.263 e. The molecule has 2 aromatic heterocycles. The quantitative estimate of drug-likeness (QED) is 0.504. The average Bonchev–Trinajstić information content (AvgIpc) is 3.38. The third-order valence-electron chi connectivity index (χ3n) is 5.10. The molecular formula is C23H15N3O3S. The second-order valence-corrected chi connectivity index (χ2v) is 7.85. The number of aromatic nitrogens is 1. The van der Waals surface area contributed by atoms with Gasteiger partial charge in [0.2, 0.25) is 0 Å². The molecule has 3 heterocycles. The highest BCUT2D eigenvalue weighted by atomic mass is 32.1. The van der Waals surface area contributed by atoms with Crippen LogP contribution in [-0.4, -0.2) is 34.7 Å². The number of hydrogen-bond acceptors (Lipinski definition) is 5. The van der Waals surface area contributed by atoms with Gasteiger partial charge in [-0.15, -0.1) is 11.3 Å². The fourth-order valence-electron chi connectivity index (χ4n) is 3.61. The molecule has 0 saturated carbocycles.